The summed E-state index contributed by atoms with van der Waals surface area (Å²) in [7, 11) is 1.61. The maximum absolute atomic E-state index is 12.3. The molecule has 25 heavy (non-hydrogen) atoms. The quantitative estimate of drug-likeness (QED) is 0.782. The average Bonchev–Trinajstić information content (AvgIpc) is 3.45. The summed E-state index contributed by atoms with van der Waals surface area (Å²) < 4.78 is 5.01. The van der Waals surface area contributed by atoms with Crippen molar-refractivity contribution in [2.24, 2.45) is 10.9 Å². The Bertz CT molecular complexity index is 632. The SMILES string of the molecule is COCCC(=O)N1CCN(C2=NC(C)(C3CC3)CC=C2C#N)CC1C. The highest BCUT2D eigenvalue weighted by Crippen LogP contribution is 2.46. The van der Waals surface area contributed by atoms with Gasteiger partial charge in [-0.3, -0.25) is 9.79 Å². The molecule has 1 saturated carbocycles. The van der Waals surface area contributed by atoms with Crippen molar-refractivity contribution in [3.8, 4) is 6.07 Å². The first-order valence-electron chi connectivity index (χ1n) is 9.22. The van der Waals surface area contributed by atoms with Gasteiger partial charge in [0.25, 0.3) is 0 Å². The monoisotopic (exact) mass is 344 g/mol. The van der Waals surface area contributed by atoms with Gasteiger partial charge in [0.15, 0.2) is 0 Å². The van der Waals surface area contributed by atoms with Gasteiger partial charge in [0, 0.05) is 32.8 Å². The van der Waals surface area contributed by atoms with Crippen molar-refractivity contribution in [3.63, 3.8) is 0 Å². The van der Waals surface area contributed by atoms with Gasteiger partial charge in [-0.15, -0.1) is 0 Å². The van der Waals surface area contributed by atoms with E-state index < -0.39 is 0 Å². The molecular weight excluding hydrogens is 316 g/mol. The number of dihydropyridines is 1. The molecule has 1 saturated heterocycles. The first kappa shape index (κ1) is 17.9. The number of hydrogen-bond donors (Lipinski definition) is 0. The summed E-state index contributed by atoms with van der Waals surface area (Å²) in [6.45, 7) is 6.85. The number of methoxy groups -OCH3 is 1. The molecule has 0 aromatic carbocycles. The largest absolute Gasteiger partial charge is 0.384 e. The highest BCUT2D eigenvalue weighted by atomic mass is 16.5. The molecule has 2 atom stereocenters. The second-order valence-corrected chi connectivity index (χ2v) is 7.63. The molecule has 1 amide bonds. The highest BCUT2D eigenvalue weighted by Gasteiger charge is 2.43. The lowest BCUT2D eigenvalue weighted by molar-refractivity contribution is -0.135. The summed E-state index contributed by atoms with van der Waals surface area (Å²) in [5, 5.41) is 9.52. The smallest absolute Gasteiger partial charge is 0.225 e. The number of nitriles is 1. The number of nitrogens with zero attached hydrogens (tertiary/aromatic N) is 4. The normalized spacial score (nSPS) is 29.8. The van der Waals surface area contributed by atoms with E-state index in [1.165, 1.54) is 12.8 Å². The van der Waals surface area contributed by atoms with Crippen LogP contribution in [-0.4, -0.2) is 66.5 Å². The fourth-order valence-corrected chi connectivity index (χ4v) is 3.90. The summed E-state index contributed by atoms with van der Waals surface area (Å²) in [5.74, 6) is 1.62. The van der Waals surface area contributed by atoms with Crippen LogP contribution in [0.4, 0.5) is 0 Å². The number of hydrogen-bond acceptors (Lipinski definition) is 5. The Morgan fingerprint density at radius 2 is 2.24 bits per heavy atom. The van der Waals surface area contributed by atoms with E-state index >= 15 is 0 Å². The minimum atomic E-state index is -0.0651. The Kier molecular flexibility index (Phi) is 5.14. The van der Waals surface area contributed by atoms with E-state index in [1.807, 2.05) is 4.90 Å². The number of amides is 1. The number of rotatable bonds is 4. The summed E-state index contributed by atoms with van der Waals surface area (Å²) in [4.78, 5) is 21.5. The lowest BCUT2D eigenvalue weighted by Gasteiger charge is -2.43. The third-order valence-corrected chi connectivity index (χ3v) is 5.67. The van der Waals surface area contributed by atoms with Gasteiger partial charge in [0.05, 0.1) is 24.1 Å². The molecule has 1 aliphatic carbocycles. The second-order valence-electron chi connectivity index (χ2n) is 7.63. The summed E-state index contributed by atoms with van der Waals surface area (Å²) in [5.41, 5.74) is 0.620. The number of aliphatic imine (C=N–C) groups is 1. The van der Waals surface area contributed by atoms with Crippen LogP contribution in [0.1, 0.15) is 39.5 Å². The van der Waals surface area contributed by atoms with Crippen molar-refractivity contribution < 1.29 is 9.53 Å². The van der Waals surface area contributed by atoms with Crippen molar-refractivity contribution in [1.29, 1.82) is 5.26 Å². The van der Waals surface area contributed by atoms with Crippen molar-refractivity contribution in [2.45, 2.75) is 51.1 Å². The second kappa shape index (κ2) is 7.17. The van der Waals surface area contributed by atoms with E-state index in [4.69, 9.17) is 9.73 Å². The summed E-state index contributed by atoms with van der Waals surface area (Å²) >= 11 is 0. The first-order chi connectivity index (χ1) is 12.0. The molecule has 2 heterocycles. The fourth-order valence-electron chi connectivity index (χ4n) is 3.90. The van der Waals surface area contributed by atoms with E-state index in [9.17, 15) is 10.1 Å². The van der Waals surface area contributed by atoms with Crippen LogP contribution in [0.5, 0.6) is 0 Å². The molecule has 0 spiro atoms. The van der Waals surface area contributed by atoms with E-state index in [0.29, 0.717) is 31.1 Å². The molecule has 0 radical (unpaired) electrons. The Morgan fingerprint density at radius 1 is 1.48 bits per heavy atom. The predicted octanol–water partition coefficient (Wildman–Crippen LogP) is 1.98. The van der Waals surface area contributed by atoms with E-state index in [1.54, 1.807) is 7.11 Å². The zero-order valence-corrected chi connectivity index (χ0v) is 15.5. The van der Waals surface area contributed by atoms with Crippen LogP contribution in [0, 0.1) is 17.2 Å². The molecule has 3 aliphatic rings. The Balaban J connectivity index is 1.71. The first-order valence-corrected chi connectivity index (χ1v) is 9.22. The lowest BCUT2D eigenvalue weighted by Crippen LogP contribution is -2.56. The topological polar surface area (TPSA) is 68.9 Å². The van der Waals surface area contributed by atoms with Crippen molar-refractivity contribution in [3.05, 3.63) is 11.6 Å². The van der Waals surface area contributed by atoms with Crippen LogP contribution in [0.15, 0.2) is 16.6 Å². The van der Waals surface area contributed by atoms with Crippen LogP contribution in [-0.2, 0) is 9.53 Å². The molecule has 0 bridgehead atoms. The highest BCUT2D eigenvalue weighted by molar-refractivity contribution is 6.02. The molecule has 0 aromatic heterocycles. The number of carbonyl (C=O) groups is 1. The number of carbonyl (C=O) groups excluding carboxylic acids is 1. The summed E-state index contributed by atoms with van der Waals surface area (Å²) in [6, 6.07) is 2.42. The third-order valence-electron chi connectivity index (χ3n) is 5.67. The average molecular weight is 344 g/mol. The molecule has 6 nitrogen and oxygen atoms in total. The predicted molar refractivity (Wildman–Crippen MR) is 96.1 cm³/mol. The number of ether oxygens (including phenoxy) is 1. The van der Waals surface area contributed by atoms with E-state index in [-0.39, 0.29) is 17.5 Å². The number of amidine groups is 1. The zero-order valence-electron chi connectivity index (χ0n) is 15.5. The fraction of sp³-hybridized carbons (Fsp3) is 0.737. The van der Waals surface area contributed by atoms with Gasteiger partial charge >= 0.3 is 0 Å². The molecule has 2 unspecified atom stereocenters. The molecule has 3 rings (SSSR count). The maximum atomic E-state index is 12.3. The zero-order chi connectivity index (χ0) is 18.0. The van der Waals surface area contributed by atoms with Crippen molar-refractivity contribution >= 4 is 11.7 Å². The van der Waals surface area contributed by atoms with Gasteiger partial charge in [0.1, 0.15) is 11.9 Å². The Morgan fingerprint density at radius 3 is 2.84 bits per heavy atom. The molecule has 2 aliphatic heterocycles. The van der Waals surface area contributed by atoms with Crippen molar-refractivity contribution in [1.82, 2.24) is 9.80 Å². The minimum absolute atomic E-state index is 0.0651. The van der Waals surface area contributed by atoms with Gasteiger partial charge < -0.3 is 14.5 Å². The Labute approximate surface area is 150 Å². The molecule has 136 valence electrons. The molecule has 6 heteroatoms. The summed E-state index contributed by atoms with van der Waals surface area (Å²) in [6.07, 6.45) is 5.81. The Hall–Kier alpha value is -1.87. The van der Waals surface area contributed by atoms with Crippen LogP contribution < -0.4 is 0 Å². The minimum Gasteiger partial charge on any atom is -0.384 e. The standard InChI is InChI=1S/C19H28N4O2/c1-14-13-22(9-10-23(14)17(24)7-11-25-3)18-15(12-20)6-8-19(2,21-18)16-4-5-16/h6,14,16H,4-5,7-11,13H2,1-3H3. The van der Waals surface area contributed by atoms with Crippen molar-refractivity contribution in [2.75, 3.05) is 33.4 Å². The molecule has 0 aromatic rings. The van der Waals surface area contributed by atoms with E-state index in [2.05, 4.69) is 30.9 Å². The van der Waals surface area contributed by atoms with Gasteiger partial charge in [-0.1, -0.05) is 6.08 Å². The van der Waals surface area contributed by atoms with Gasteiger partial charge in [0.2, 0.25) is 5.91 Å². The van der Waals surface area contributed by atoms with E-state index in [0.717, 1.165) is 25.3 Å². The molecule has 2 fully saturated rings. The van der Waals surface area contributed by atoms with Crippen LogP contribution in [0.2, 0.25) is 0 Å². The van der Waals surface area contributed by atoms with Gasteiger partial charge in [-0.25, -0.2) is 0 Å². The lowest BCUT2D eigenvalue weighted by atomic mass is 9.88. The number of piperazine rings is 1. The maximum Gasteiger partial charge on any atom is 0.225 e. The van der Waals surface area contributed by atoms with Gasteiger partial charge in [-0.05, 0) is 39.0 Å². The molecule has 0 N–H and O–H groups in total. The van der Waals surface area contributed by atoms with Crippen LogP contribution in [0.3, 0.4) is 0 Å². The van der Waals surface area contributed by atoms with Crippen LogP contribution >= 0.6 is 0 Å². The van der Waals surface area contributed by atoms with Crippen LogP contribution in [0.25, 0.3) is 0 Å². The third kappa shape index (κ3) is 3.72. The molecular formula is C19H28N4O2. The van der Waals surface area contributed by atoms with Gasteiger partial charge in [-0.2, -0.15) is 5.26 Å².